The van der Waals surface area contributed by atoms with E-state index in [1.54, 1.807) is 25.1 Å². The maximum atomic E-state index is 11.5. The molecule has 0 unspecified atom stereocenters. The van der Waals surface area contributed by atoms with Crippen molar-refractivity contribution in [2.45, 2.75) is 18.6 Å². The number of hydrogen-bond acceptors (Lipinski definition) is 5. The average Bonchev–Trinajstić information content (AvgIpc) is 2.82. The summed E-state index contributed by atoms with van der Waals surface area (Å²) in [6.45, 7) is 2.09. The first-order chi connectivity index (χ1) is 9.38. The van der Waals surface area contributed by atoms with E-state index in [2.05, 4.69) is 10.2 Å². The summed E-state index contributed by atoms with van der Waals surface area (Å²) in [7, 11) is 2.86. The average molecular weight is 336 g/mol. The van der Waals surface area contributed by atoms with E-state index in [1.807, 2.05) is 0 Å². The van der Waals surface area contributed by atoms with Gasteiger partial charge in [-0.15, -0.1) is 10.2 Å². The first kappa shape index (κ1) is 15.1. The molecule has 1 aromatic heterocycles. The third kappa shape index (κ3) is 2.74. The van der Waals surface area contributed by atoms with E-state index in [0.29, 0.717) is 28.7 Å². The van der Waals surface area contributed by atoms with Crippen molar-refractivity contribution in [2.24, 2.45) is 0 Å². The zero-order valence-electron chi connectivity index (χ0n) is 10.7. The predicted molar refractivity (Wildman–Crippen MR) is 75.7 cm³/mol. The first-order valence-electron chi connectivity index (χ1n) is 5.60. The van der Waals surface area contributed by atoms with E-state index in [1.165, 1.54) is 11.7 Å². The van der Waals surface area contributed by atoms with E-state index in [4.69, 9.17) is 27.0 Å². The standard InChI is InChI=1S/C11H11Cl2N3O3S/c1-3-16-10(14-15-11(16)20(13,17)18)8-6-7(12)4-5-9(8)19-2/h4-6H,3H2,1-2H3. The first-order valence-corrected chi connectivity index (χ1v) is 8.29. The van der Waals surface area contributed by atoms with Crippen LogP contribution >= 0.6 is 22.3 Å². The fraction of sp³-hybridized carbons (Fsp3) is 0.273. The molecule has 6 nitrogen and oxygen atoms in total. The number of benzene rings is 1. The van der Waals surface area contributed by atoms with Gasteiger partial charge >= 0.3 is 0 Å². The molecule has 1 heterocycles. The van der Waals surface area contributed by atoms with Crippen LogP contribution < -0.4 is 4.74 Å². The Hall–Kier alpha value is -1.31. The van der Waals surface area contributed by atoms with Gasteiger partial charge in [0.05, 0.1) is 12.7 Å². The molecule has 1 aromatic carbocycles. The van der Waals surface area contributed by atoms with E-state index < -0.39 is 9.05 Å². The molecule has 0 aliphatic carbocycles. The Balaban J connectivity index is 2.71. The second-order valence-electron chi connectivity index (χ2n) is 3.83. The number of nitrogens with zero attached hydrogens (tertiary/aromatic N) is 3. The molecule has 0 radical (unpaired) electrons. The molecule has 108 valence electrons. The summed E-state index contributed by atoms with van der Waals surface area (Å²) in [6.07, 6.45) is 0. The van der Waals surface area contributed by atoms with Crippen LogP contribution in [0.15, 0.2) is 23.4 Å². The largest absolute Gasteiger partial charge is 0.496 e. The third-order valence-corrected chi connectivity index (χ3v) is 4.04. The quantitative estimate of drug-likeness (QED) is 0.802. The molecular weight excluding hydrogens is 325 g/mol. The molecule has 0 bridgehead atoms. The minimum absolute atomic E-state index is 0.307. The molecule has 0 amide bonds. The van der Waals surface area contributed by atoms with Gasteiger partial charge in [0, 0.05) is 22.2 Å². The Morgan fingerprint density at radius 1 is 1.35 bits per heavy atom. The summed E-state index contributed by atoms with van der Waals surface area (Å²) in [4.78, 5) is 0. The normalized spacial score (nSPS) is 11.6. The molecule has 9 heteroatoms. The molecule has 20 heavy (non-hydrogen) atoms. The van der Waals surface area contributed by atoms with Crippen molar-refractivity contribution in [3.8, 4) is 17.1 Å². The molecule has 2 aromatic rings. The highest BCUT2D eigenvalue weighted by Gasteiger charge is 2.24. The van der Waals surface area contributed by atoms with Gasteiger partial charge in [-0.25, -0.2) is 8.42 Å². The number of halogens is 2. The fourth-order valence-corrected chi connectivity index (χ4v) is 2.94. The van der Waals surface area contributed by atoms with Gasteiger partial charge in [0.15, 0.2) is 5.82 Å². The Labute approximate surface area is 125 Å². The summed E-state index contributed by atoms with van der Waals surface area (Å²) in [5.74, 6) is 0.834. The number of ether oxygens (including phenoxy) is 1. The lowest BCUT2D eigenvalue weighted by molar-refractivity contribution is 0.416. The number of rotatable bonds is 4. The zero-order chi connectivity index (χ0) is 14.9. The molecule has 0 spiro atoms. The molecule has 0 atom stereocenters. The second kappa shape index (κ2) is 5.59. The lowest BCUT2D eigenvalue weighted by Crippen LogP contribution is -2.06. The molecule has 0 aliphatic heterocycles. The van der Waals surface area contributed by atoms with Crippen molar-refractivity contribution in [2.75, 3.05) is 7.11 Å². The highest BCUT2D eigenvalue weighted by molar-refractivity contribution is 8.13. The zero-order valence-corrected chi connectivity index (χ0v) is 13.0. The highest BCUT2D eigenvalue weighted by atomic mass is 35.7. The third-order valence-electron chi connectivity index (χ3n) is 2.65. The van der Waals surface area contributed by atoms with Crippen LogP contribution in [0.25, 0.3) is 11.4 Å². The van der Waals surface area contributed by atoms with Crippen LogP contribution in [0.2, 0.25) is 5.02 Å². The summed E-state index contributed by atoms with van der Waals surface area (Å²) < 4.78 is 29.5. The minimum atomic E-state index is -3.97. The van der Waals surface area contributed by atoms with Gasteiger partial charge in [-0.1, -0.05) is 11.6 Å². The van der Waals surface area contributed by atoms with Crippen LogP contribution in [0.1, 0.15) is 6.92 Å². The number of aromatic nitrogens is 3. The van der Waals surface area contributed by atoms with Crippen LogP contribution in [0.3, 0.4) is 0 Å². The Morgan fingerprint density at radius 3 is 2.60 bits per heavy atom. The molecule has 0 fully saturated rings. The van der Waals surface area contributed by atoms with Crippen LogP contribution in [0.5, 0.6) is 5.75 Å². The second-order valence-corrected chi connectivity index (χ2v) is 6.73. The Morgan fingerprint density at radius 2 is 2.05 bits per heavy atom. The number of methoxy groups -OCH3 is 1. The smallest absolute Gasteiger partial charge is 0.296 e. The summed E-state index contributed by atoms with van der Waals surface area (Å²) in [5, 5.41) is 7.69. The van der Waals surface area contributed by atoms with Crippen molar-refractivity contribution >= 4 is 31.3 Å². The molecular formula is C11H11Cl2N3O3S. The van der Waals surface area contributed by atoms with Gasteiger partial charge in [-0.2, -0.15) is 0 Å². The van der Waals surface area contributed by atoms with Crippen LogP contribution in [-0.4, -0.2) is 30.3 Å². The van der Waals surface area contributed by atoms with Crippen LogP contribution in [0, 0.1) is 0 Å². The monoisotopic (exact) mass is 335 g/mol. The van der Waals surface area contributed by atoms with Gasteiger partial charge in [0.2, 0.25) is 0 Å². The maximum Gasteiger partial charge on any atom is 0.296 e. The lowest BCUT2D eigenvalue weighted by atomic mass is 10.2. The van der Waals surface area contributed by atoms with Gasteiger partial charge < -0.3 is 4.74 Å². The molecule has 0 saturated carbocycles. The van der Waals surface area contributed by atoms with Gasteiger partial charge in [0.1, 0.15) is 5.75 Å². The SMILES string of the molecule is CCn1c(-c2cc(Cl)ccc2OC)nnc1S(=O)(=O)Cl. The summed E-state index contributed by atoms with van der Waals surface area (Å²) >= 11 is 5.96. The summed E-state index contributed by atoms with van der Waals surface area (Å²) in [6, 6.07) is 4.96. The van der Waals surface area contributed by atoms with Gasteiger partial charge in [0.25, 0.3) is 14.2 Å². The van der Waals surface area contributed by atoms with E-state index in [9.17, 15) is 8.42 Å². The summed E-state index contributed by atoms with van der Waals surface area (Å²) in [5.41, 5.74) is 0.543. The predicted octanol–water partition coefficient (Wildman–Crippen LogP) is 2.55. The Kier molecular flexibility index (Phi) is 4.22. The minimum Gasteiger partial charge on any atom is -0.496 e. The molecule has 0 aliphatic rings. The molecule has 2 rings (SSSR count). The van der Waals surface area contributed by atoms with Crippen LogP contribution in [-0.2, 0) is 15.6 Å². The van der Waals surface area contributed by atoms with E-state index in [-0.39, 0.29) is 5.16 Å². The van der Waals surface area contributed by atoms with Crippen molar-refractivity contribution in [1.82, 2.24) is 14.8 Å². The van der Waals surface area contributed by atoms with Crippen LogP contribution in [0.4, 0.5) is 0 Å². The maximum absolute atomic E-state index is 11.5. The van der Waals surface area contributed by atoms with Crippen molar-refractivity contribution in [1.29, 1.82) is 0 Å². The van der Waals surface area contributed by atoms with Gasteiger partial charge in [-0.3, -0.25) is 4.57 Å². The van der Waals surface area contributed by atoms with Crippen molar-refractivity contribution < 1.29 is 13.2 Å². The van der Waals surface area contributed by atoms with Crippen molar-refractivity contribution in [3.05, 3.63) is 23.2 Å². The van der Waals surface area contributed by atoms with Crippen molar-refractivity contribution in [3.63, 3.8) is 0 Å². The van der Waals surface area contributed by atoms with E-state index in [0.717, 1.165) is 0 Å². The topological polar surface area (TPSA) is 74.1 Å². The number of hydrogen-bond donors (Lipinski definition) is 0. The Bertz CT molecular complexity index is 743. The fourth-order valence-electron chi connectivity index (χ4n) is 1.81. The lowest BCUT2D eigenvalue weighted by Gasteiger charge is -2.10. The van der Waals surface area contributed by atoms with Gasteiger partial charge in [-0.05, 0) is 25.1 Å². The molecule has 0 N–H and O–H groups in total. The highest BCUT2D eigenvalue weighted by Crippen LogP contribution is 2.32. The molecule has 0 saturated heterocycles. The van der Waals surface area contributed by atoms with E-state index >= 15 is 0 Å².